The van der Waals surface area contributed by atoms with E-state index in [9.17, 15) is 4.79 Å². The van der Waals surface area contributed by atoms with Gasteiger partial charge in [-0.25, -0.2) is 4.79 Å². The molecule has 0 aromatic heterocycles. The number of nitrogens with one attached hydrogen (secondary N) is 1. The summed E-state index contributed by atoms with van der Waals surface area (Å²) < 4.78 is 10.3. The van der Waals surface area contributed by atoms with Crippen LogP contribution in [-0.2, 0) is 16.7 Å². The fourth-order valence-electron chi connectivity index (χ4n) is 3.30. The van der Waals surface area contributed by atoms with E-state index in [1.807, 2.05) is 12.1 Å². The zero-order valence-corrected chi connectivity index (χ0v) is 14.1. The van der Waals surface area contributed by atoms with Crippen molar-refractivity contribution in [2.75, 3.05) is 20.8 Å². The van der Waals surface area contributed by atoms with Crippen molar-refractivity contribution in [3.05, 3.63) is 28.8 Å². The van der Waals surface area contributed by atoms with E-state index in [0.717, 1.165) is 19.4 Å². The van der Waals surface area contributed by atoms with Gasteiger partial charge in [0.05, 0.1) is 14.2 Å². The van der Waals surface area contributed by atoms with E-state index < -0.39 is 0 Å². The molecule has 4 heteroatoms. The summed E-state index contributed by atoms with van der Waals surface area (Å²) >= 11 is 0. The molecule has 0 saturated heterocycles. The molecule has 1 aromatic rings. The van der Waals surface area contributed by atoms with Crippen LogP contribution in [0.15, 0.2) is 12.1 Å². The van der Waals surface area contributed by atoms with Crippen molar-refractivity contribution in [2.45, 2.75) is 51.5 Å². The molecule has 1 heterocycles. The monoisotopic (exact) mass is 305 g/mol. The number of methoxy groups -OCH3 is 2. The smallest absolute Gasteiger partial charge is 0.341 e. The molecule has 0 saturated carbocycles. The maximum atomic E-state index is 11.9. The molecule has 1 aromatic carbocycles. The van der Waals surface area contributed by atoms with Gasteiger partial charge in [-0.2, -0.15) is 0 Å². The average molecular weight is 305 g/mol. The molecule has 0 aliphatic carbocycles. The zero-order valence-electron chi connectivity index (χ0n) is 14.1. The molecule has 0 bridgehead atoms. The minimum absolute atomic E-state index is 0.0509. The highest BCUT2D eigenvalue weighted by atomic mass is 16.5. The summed E-state index contributed by atoms with van der Waals surface area (Å²) in [6, 6.07) is 3.96. The van der Waals surface area contributed by atoms with Crippen molar-refractivity contribution in [3.8, 4) is 5.75 Å². The van der Waals surface area contributed by atoms with Crippen molar-refractivity contribution < 1.29 is 14.3 Å². The Hall–Kier alpha value is -1.55. The summed E-state index contributed by atoms with van der Waals surface area (Å²) in [6.07, 6.45) is 5.67. The van der Waals surface area contributed by atoms with Crippen LogP contribution >= 0.6 is 0 Å². The lowest BCUT2D eigenvalue weighted by molar-refractivity contribution is 0.0596. The third-order valence-electron chi connectivity index (χ3n) is 4.61. The molecular formula is C18H27NO3. The second-order valence-corrected chi connectivity index (χ2v) is 6.17. The van der Waals surface area contributed by atoms with Gasteiger partial charge in [-0.05, 0) is 49.6 Å². The Labute approximate surface area is 133 Å². The summed E-state index contributed by atoms with van der Waals surface area (Å²) in [7, 11) is 3.00. The van der Waals surface area contributed by atoms with Gasteiger partial charge in [0.2, 0.25) is 0 Å². The maximum absolute atomic E-state index is 11.9. The van der Waals surface area contributed by atoms with Crippen LogP contribution in [0.3, 0.4) is 0 Å². The molecule has 0 amide bonds. The molecule has 1 aliphatic heterocycles. The molecule has 1 unspecified atom stereocenters. The average Bonchev–Trinajstić information content (AvgIpc) is 2.53. The van der Waals surface area contributed by atoms with E-state index >= 15 is 0 Å². The highest BCUT2D eigenvalue weighted by molar-refractivity contribution is 5.93. The van der Waals surface area contributed by atoms with Gasteiger partial charge in [-0.15, -0.1) is 0 Å². The highest BCUT2D eigenvalue weighted by Crippen LogP contribution is 2.37. The first kappa shape index (κ1) is 16.8. The van der Waals surface area contributed by atoms with E-state index in [2.05, 4.69) is 19.2 Å². The zero-order chi connectivity index (χ0) is 16.2. The molecule has 2 rings (SSSR count). The minimum Gasteiger partial charge on any atom is -0.496 e. The van der Waals surface area contributed by atoms with Gasteiger partial charge in [-0.3, -0.25) is 0 Å². The van der Waals surface area contributed by atoms with Gasteiger partial charge in [0.1, 0.15) is 11.3 Å². The van der Waals surface area contributed by atoms with Gasteiger partial charge in [0.25, 0.3) is 0 Å². The summed E-state index contributed by atoms with van der Waals surface area (Å²) in [5, 5.41) is 3.65. The summed E-state index contributed by atoms with van der Waals surface area (Å²) in [5.41, 5.74) is 2.94. The van der Waals surface area contributed by atoms with Crippen molar-refractivity contribution in [1.82, 2.24) is 5.32 Å². The first-order valence-electron chi connectivity index (χ1n) is 8.10. The molecule has 1 atom stereocenters. The van der Waals surface area contributed by atoms with Crippen LogP contribution in [0.25, 0.3) is 0 Å². The molecule has 22 heavy (non-hydrogen) atoms. The SMILES string of the molecule is CCCCCC1(C)NCCc2cc(C(=O)OC)c(OC)cc21. The largest absolute Gasteiger partial charge is 0.496 e. The normalized spacial score (nSPS) is 20.4. The number of rotatable bonds is 6. The van der Waals surface area contributed by atoms with Gasteiger partial charge in [-0.1, -0.05) is 26.2 Å². The Bertz CT molecular complexity index is 541. The van der Waals surface area contributed by atoms with Crippen molar-refractivity contribution in [2.24, 2.45) is 0 Å². The fraction of sp³-hybridized carbons (Fsp3) is 0.611. The summed E-state index contributed by atoms with van der Waals surface area (Å²) in [5.74, 6) is 0.252. The summed E-state index contributed by atoms with van der Waals surface area (Å²) in [6.45, 7) is 5.40. The molecule has 1 aliphatic rings. The third kappa shape index (κ3) is 3.27. The van der Waals surface area contributed by atoms with E-state index in [0.29, 0.717) is 11.3 Å². The Balaban J connectivity index is 2.40. The predicted molar refractivity (Wildman–Crippen MR) is 87.5 cm³/mol. The van der Waals surface area contributed by atoms with E-state index in [-0.39, 0.29) is 11.5 Å². The molecule has 0 fully saturated rings. The molecule has 4 nitrogen and oxygen atoms in total. The van der Waals surface area contributed by atoms with Crippen LogP contribution in [-0.4, -0.2) is 26.7 Å². The second kappa shape index (κ2) is 7.14. The Morgan fingerprint density at radius 3 is 2.73 bits per heavy atom. The number of fused-ring (bicyclic) bond motifs is 1. The summed E-state index contributed by atoms with van der Waals surface area (Å²) in [4.78, 5) is 11.9. The van der Waals surface area contributed by atoms with Crippen LogP contribution in [0, 0.1) is 0 Å². The van der Waals surface area contributed by atoms with E-state index in [1.165, 1.54) is 37.5 Å². The molecule has 0 spiro atoms. The van der Waals surface area contributed by atoms with Gasteiger partial charge >= 0.3 is 5.97 Å². The Kier molecular flexibility index (Phi) is 5.46. The first-order valence-corrected chi connectivity index (χ1v) is 8.10. The molecule has 122 valence electrons. The van der Waals surface area contributed by atoms with Crippen LogP contribution in [0.1, 0.15) is 61.0 Å². The molecule has 0 radical (unpaired) electrons. The predicted octanol–water partition coefficient (Wildman–Crippen LogP) is 3.42. The Morgan fingerprint density at radius 1 is 1.32 bits per heavy atom. The standard InChI is InChI=1S/C18H27NO3/c1-5-6-7-9-18(2)15-12-16(21-3)14(17(20)22-4)11-13(15)8-10-19-18/h11-12,19H,5-10H2,1-4H3. The fourth-order valence-corrected chi connectivity index (χ4v) is 3.30. The van der Waals surface area contributed by atoms with Crippen LogP contribution in [0.5, 0.6) is 5.75 Å². The lowest BCUT2D eigenvalue weighted by atomic mass is 9.79. The van der Waals surface area contributed by atoms with Crippen molar-refractivity contribution in [3.63, 3.8) is 0 Å². The second-order valence-electron chi connectivity index (χ2n) is 6.17. The van der Waals surface area contributed by atoms with Crippen LogP contribution in [0.4, 0.5) is 0 Å². The van der Waals surface area contributed by atoms with Crippen molar-refractivity contribution in [1.29, 1.82) is 0 Å². The maximum Gasteiger partial charge on any atom is 0.341 e. The van der Waals surface area contributed by atoms with Gasteiger partial charge < -0.3 is 14.8 Å². The van der Waals surface area contributed by atoms with Crippen LogP contribution < -0.4 is 10.1 Å². The molecule has 1 N–H and O–H groups in total. The lowest BCUT2D eigenvalue weighted by Crippen LogP contribution is -2.45. The number of esters is 1. The van der Waals surface area contributed by atoms with E-state index in [1.54, 1.807) is 7.11 Å². The van der Waals surface area contributed by atoms with Gasteiger partial charge in [0, 0.05) is 5.54 Å². The van der Waals surface area contributed by atoms with Crippen molar-refractivity contribution >= 4 is 5.97 Å². The minimum atomic E-state index is -0.342. The Morgan fingerprint density at radius 2 is 2.09 bits per heavy atom. The van der Waals surface area contributed by atoms with Crippen LogP contribution in [0.2, 0.25) is 0 Å². The molecular weight excluding hydrogens is 278 g/mol. The number of hydrogen-bond acceptors (Lipinski definition) is 4. The number of ether oxygens (including phenoxy) is 2. The number of carbonyl (C=O) groups excluding carboxylic acids is 1. The number of unbranched alkanes of at least 4 members (excludes halogenated alkanes) is 2. The third-order valence-corrected chi connectivity index (χ3v) is 4.61. The topological polar surface area (TPSA) is 47.6 Å². The first-order chi connectivity index (χ1) is 10.6. The number of benzene rings is 1. The number of carbonyl (C=O) groups is 1. The van der Waals surface area contributed by atoms with Gasteiger partial charge in [0.15, 0.2) is 0 Å². The quantitative estimate of drug-likeness (QED) is 0.646. The lowest BCUT2D eigenvalue weighted by Gasteiger charge is -2.38. The van der Waals surface area contributed by atoms with E-state index in [4.69, 9.17) is 9.47 Å². The number of hydrogen-bond donors (Lipinski definition) is 1. The highest BCUT2D eigenvalue weighted by Gasteiger charge is 2.33.